The van der Waals surface area contributed by atoms with Crippen molar-refractivity contribution in [2.75, 3.05) is 18.5 Å². The summed E-state index contributed by atoms with van der Waals surface area (Å²) in [5.41, 5.74) is 0.902. The first-order chi connectivity index (χ1) is 7.70. The lowest BCUT2D eigenvalue weighted by Gasteiger charge is -2.23. The van der Waals surface area contributed by atoms with E-state index in [1.54, 1.807) is 17.3 Å². The smallest absolute Gasteiger partial charge is 0.231 e. The monoisotopic (exact) mass is 219 g/mol. The molecule has 0 spiro atoms. The molecule has 1 N–H and O–H groups in total. The van der Waals surface area contributed by atoms with Crippen LogP contribution in [0.4, 0.5) is 5.69 Å². The molecule has 1 aromatic heterocycles. The Morgan fingerprint density at radius 1 is 1.50 bits per heavy atom. The first-order valence-corrected chi connectivity index (χ1v) is 5.61. The largest absolute Gasteiger partial charge is 0.315 e. The second-order valence-corrected chi connectivity index (χ2v) is 4.24. The molecule has 1 aliphatic heterocycles. The molecule has 1 amide bonds. The van der Waals surface area contributed by atoms with Crippen LogP contribution in [0.2, 0.25) is 0 Å². The van der Waals surface area contributed by atoms with Crippen LogP contribution in [-0.4, -0.2) is 30.5 Å². The van der Waals surface area contributed by atoms with Crippen molar-refractivity contribution in [3.63, 3.8) is 0 Å². The lowest BCUT2D eigenvalue weighted by atomic mass is 10.0. The summed E-state index contributed by atoms with van der Waals surface area (Å²) in [4.78, 5) is 17.9. The molecule has 86 valence electrons. The summed E-state index contributed by atoms with van der Waals surface area (Å²) in [5.74, 6) is 0.280. The van der Waals surface area contributed by atoms with Gasteiger partial charge in [0.1, 0.15) is 0 Å². The first-order valence-electron chi connectivity index (χ1n) is 5.61. The molecule has 1 aromatic rings. The van der Waals surface area contributed by atoms with E-state index in [0.29, 0.717) is 0 Å². The Labute approximate surface area is 95.7 Å². The van der Waals surface area contributed by atoms with E-state index in [1.807, 2.05) is 19.2 Å². The molecule has 2 heterocycles. The third-order valence-corrected chi connectivity index (χ3v) is 3.22. The lowest BCUT2D eigenvalue weighted by Crippen LogP contribution is -2.38. The van der Waals surface area contributed by atoms with Crippen molar-refractivity contribution in [2.45, 2.75) is 19.4 Å². The number of carbonyl (C=O) groups excluding carboxylic acids is 1. The molecule has 2 atom stereocenters. The molecule has 0 bridgehead atoms. The maximum Gasteiger partial charge on any atom is 0.231 e. The van der Waals surface area contributed by atoms with Crippen molar-refractivity contribution < 1.29 is 4.79 Å². The van der Waals surface area contributed by atoms with Crippen LogP contribution < -0.4 is 10.2 Å². The molecule has 0 saturated carbocycles. The summed E-state index contributed by atoms with van der Waals surface area (Å²) in [6.45, 7) is 3.00. The second-order valence-electron chi connectivity index (χ2n) is 4.24. The molecule has 0 radical (unpaired) electrons. The predicted molar refractivity (Wildman–Crippen MR) is 63.2 cm³/mol. The number of hydrogen-bond acceptors (Lipinski definition) is 3. The van der Waals surface area contributed by atoms with Gasteiger partial charge in [-0.15, -0.1) is 0 Å². The summed E-state index contributed by atoms with van der Waals surface area (Å²) >= 11 is 0. The van der Waals surface area contributed by atoms with E-state index in [9.17, 15) is 4.79 Å². The summed E-state index contributed by atoms with van der Waals surface area (Å²) in [6.07, 6.45) is 4.33. The van der Waals surface area contributed by atoms with E-state index in [4.69, 9.17) is 0 Å². The van der Waals surface area contributed by atoms with E-state index >= 15 is 0 Å². The average molecular weight is 219 g/mol. The van der Waals surface area contributed by atoms with E-state index in [0.717, 1.165) is 18.7 Å². The van der Waals surface area contributed by atoms with E-state index in [-0.39, 0.29) is 17.9 Å². The molecule has 1 saturated heterocycles. The van der Waals surface area contributed by atoms with Crippen molar-refractivity contribution in [1.29, 1.82) is 0 Å². The quantitative estimate of drug-likeness (QED) is 0.808. The van der Waals surface area contributed by atoms with Crippen molar-refractivity contribution in [3.8, 4) is 0 Å². The van der Waals surface area contributed by atoms with Crippen LogP contribution in [0.3, 0.4) is 0 Å². The topological polar surface area (TPSA) is 45.2 Å². The molecule has 1 aliphatic rings. The number of pyridine rings is 1. The van der Waals surface area contributed by atoms with Crippen LogP contribution >= 0.6 is 0 Å². The number of amides is 1. The highest BCUT2D eigenvalue weighted by Crippen LogP contribution is 2.20. The van der Waals surface area contributed by atoms with Gasteiger partial charge in [0.2, 0.25) is 5.91 Å². The third kappa shape index (κ3) is 2.07. The number of nitrogens with zero attached hydrogens (tertiary/aromatic N) is 2. The average Bonchev–Trinajstić information content (AvgIpc) is 2.75. The predicted octanol–water partition coefficient (Wildman–Crippen LogP) is 1.04. The highest BCUT2D eigenvalue weighted by Gasteiger charge is 2.31. The van der Waals surface area contributed by atoms with Gasteiger partial charge in [-0.2, -0.15) is 0 Å². The van der Waals surface area contributed by atoms with Crippen molar-refractivity contribution in [3.05, 3.63) is 24.5 Å². The normalized spacial score (nSPS) is 24.4. The summed E-state index contributed by atoms with van der Waals surface area (Å²) < 4.78 is 0. The van der Waals surface area contributed by atoms with Gasteiger partial charge in [-0.05, 0) is 32.0 Å². The number of nitrogens with one attached hydrogen (secondary N) is 1. The Morgan fingerprint density at radius 3 is 2.75 bits per heavy atom. The van der Waals surface area contributed by atoms with Gasteiger partial charge >= 0.3 is 0 Å². The fourth-order valence-electron chi connectivity index (χ4n) is 2.14. The first kappa shape index (κ1) is 11.1. The van der Waals surface area contributed by atoms with Crippen LogP contribution in [0.25, 0.3) is 0 Å². The highest BCUT2D eigenvalue weighted by molar-refractivity contribution is 5.95. The van der Waals surface area contributed by atoms with E-state index in [2.05, 4.69) is 17.2 Å². The van der Waals surface area contributed by atoms with Crippen LogP contribution in [0, 0.1) is 5.92 Å². The van der Waals surface area contributed by atoms with Crippen LogP contribution in [0.1, 0.15) is 13.3 Å². The minimum Gasteiger partial charge on any atom is -0.315 e. The Bertz CT molecular complexity index is 366. The van der Waals surface area contributed by atoms with Gasteiger partial charge in [-0.1, -0.05) is 0 Å². The summed E-state index contributed by atoms with van der Waals surface area (Å²) in [5, 5.41) is 3.30. The fraction of sp³-hybridized carbons (Fsp3) is 0.500. The van der Waals surface area contributed by atoms with Gasteiger partial charge in [0.25, 0.3) is 0 Å². The maximum absolute atomic E-state index is 12.2. The molecule has 4 heteroatoms. The second kappa shape index (κ2) is 4.61. The molecule has 2 unspecified atom stereocenters. The Balaban J connectivity index is 2.10. The minimum absolute atomic E-state index is 0.0955. The third-order valence-electron chi connectivity index (χ3n) is 3.22. The molecule has 0 aliphatic carbocycles. The zero-order chi connectivity index (χ0) is 11.5. The molecule has 4 nitrogen and oxygen atoms in total. The summed E-state index contributed by atoms with van der Waals surface area (Å²) in [7, 11) is 1.82. The van der Waals surface area contributed by atoms with Gasteiger partial charge in [0, 0.05) is 31.2 Å². The maximum atomic E-state index is 12.2. The zero-order valence-electron chi connectivity index (χ0n) is 9.68. The van der Waals surface area contributed by atoms with Gasteiger partial charge in [0.15, 0.2) is 0 Å². The van der Waals surface area contributed by atoms with Gasteiger partial charge in [0.05, 0.1) is 5.92 Å². The molecule has 0 aromatic carbocycles. The van der Waals surface area contributed by atoms with Crippen LogP contribution in [0.15, 0.2) is 24.5 Å². The van der Waals surface area contributed by atoms with Gasteiger partial charge in [-0.3, -0.25) is 9.78 Å². The van der Waals surface area contributed by atoms with Crippen molar-refractivity contribution in [1.82, 2.24) is 10.3 Å². The number of aromatic nitrogens is 1. The number of hydrogen-bond donors (Lipinski definition) is 1. The number of rotatable bonds is 2. The lowest BCUT2D eigenvalue weighted by molar-refractivity contribution is -0.122. The number of carbonyl (C=O) groups is 1. The highest BCUT2D eigenvalue weighted by atomic mass is 16.2. The standard InChI is InChI=1S/C12H17N3O/c1-9-11(5-8-14-9)12(16)15(2)10-3-6-13-7-4-10/h3-4,6-7,9,11,14H,5,8H2,1-2H3. The van der Waals surface area contributed by atoms with Crippen molar-refractivity contribution >= 4 is 11.6 Å². The fourth-order valence-corrected chi connectivity index (χ4v) is 2.14. The Morgan fingerprint density at radius 2 is 2.19 bits per heavy atom. The Hall–Kier alpha value is -1.42. The van der Waals surface area contributed by atoms with Gasteiger partial charge in [-0.25, -0.2) is 0 Å². The van der Waals surface area contributed by atoms with Crippen LogP contribution in [0.5, 0.6) is 0 Å². The Kier molecular flexibility index (Phi) is 3.19. The minimum atomic E-state index is 0.0955. The molecular weight excluding hydrogens is 202 g/mol. The molecular formula is C12H17N3O. The van der Waals surface area contributed by atoms with E-state index in [1.165, 1.54) is 0 Å². The van der Waals surface area contributed by atoms with Gasteiger partial charge < -0.3 is 10.2 Å². The summed E-state index contributed by atoms with van der Waals surface area (Å²) in [6, 6.07) is 3.98. The van der Waals surface area contributed by atoms with E-state index < -0.39 is 0 Å². The number of anilines is 1. The molecule has 16 heavy (non-hydrogen) atoms. The molecule has 2 rings (SSSR count). The van der Waals surface area contributed by atoms with Crippen LogP contribution in [-0.2, 0) is 4.79 Å². The SMILES string of the molecule is CC1NCCC1C(=O)N(C)c1ccncc1. The van der Waals surface area contributed by atoms with Crippen molar-refractivity contribution in [2.24, 2.45) is 5.92 Å². The molecule has 1 fully saturated rings. The zero-order valence-corrected chi connectivity index (χ0v) is 9.68.